The Morgan fingerprint density at radius 2 is 2.08 bits per heavy atom. The summed E-state index contributed by atoms with van der Waals surface area (Å²) in [4.78, 5) is 30.9. The number of alkyl halides is 4. The number of urea groups is 1. The Hall–Kier alpha value is -3.71. The quantitative estimate of drug-likeness (QED) is 0.446. The van der Waals surface area contributed by atoms with E-state index < -0.39 is 80.7 Å². The number of imidazole rings is 1. The van der Waals surface area contributed by atoms with Gasteiger partial charge in [-0.3, -0.25) is 9.48 Å². The summed E-state index contributed by atoms with van der Waals surface area (Å²) in [7, 11) is 0. The molecule has 1 aliphatic carbocycles. The zero-order chi connectivity index (χ0) is 31.4. The predicted molar refractivity (Wildman–Crippen MR) is 127 cm³/mol. The Morgan fingerprint density at radius 3 is 2.84 bits per heavy atom. The Bertz CT molecular complexity index is 1520. The number of aryl methyl sites for hydroxylation is 1. The molecule has 1 saturated heterocycles. The highest BCUT2D eigenvalue weighted by Crippen LogP contribution is 2.41. The first-order chi connectivity index (χ1) is 20.0. The molecule has 0 spiro atoms. The Balaban J connectivity index is 1.44. The van der Waals surface area contributed by atoms with E-state index in [0.29, 0.717) is 10.2 Å². The zero-order valence-electron chi connectivity index (χ0n) is 25.0. The second-order valence-corrected chi connectivity index (χ2v) is 9.59. The van der Waals surface area contributed by atoms with E-state index in [-0.39, 0.29) is 30.7 Å². The minimum atomic E-state index is -3.15. The van der Waals surface area contributed by atoms with E-state index in [4.69, 9.17) is 6.85 Å². The molecule has 204 valence electrons. The summed E-state index contributed by atoms with van der Waals surface area (Å²) < 4.78 is 96.1. The van der Waals surface area contributed by atoms with Gasteiger partial charge in [-0.1, -0.05) is 0 Å². The monoisotopic (exact) mass is 541 g/mol. The minimum Gasteiger partial charge on any atom is -0.342 e. The number of aromatic nitrogens is 5. The Labute approximate surface area is 222 Å². The smallest absolute Gasteiger partial charge is 0.318 e. The number of rotatable bonds is 7. The van der Waals surface area contributed by atoms with Crippen LogP contribution in [0.25, 0.3) is 5.65 Å². The molecular weight excluding hydrogens is 508 g/mol. The molecule has 0 bridgehead atoms. The SMILES string of the molecule is [2H]C([2H])([2H])C([2H])([2H])n1nccc1C(=O)NC(c1cn2ncc(CN3CC(F)(F)CNC3=O)cc2n1)C1CCC(F)(F)CC1. The summed E-state index contributed by atoms with van der Waals surface area (Å²) in [5.41, 5.74) is 0.473. The van der Waals surface area contributed by atoms with Crippen LogP contribution in [0.5, 0.6) is 0 Å². The van der Waals surface area contributed by atoms with E-state index >= 15 is 0 Å². The highest BCUT2D eigenvalue weighted by atomic mass is 19.3. The van der Waals surface area contributed by atoms with Crippen molar-refractivity contribution >= 4 is 17.6 Å². The molecule has 1 atom stereocenters. The second-order valence-electron chi connectivity index (χ2n) is 9.59. The first-order valence-electron chi connectivity index (χ1n) is 14.4. The fraction of sp³-hybridized carbons (Fsp3) is 0.542. The number of hydrogen-bond acceptors (Lipinski definition) is 5. The standard InChI is InChI=1S/C24H28F4N8O2/c1-2-35-18(5-8-30-35)21(37)33-20(16-3-6-23(25,26)7-4-16)17-12-36-19(32-17)9-15(10-31-36)11-34-14-24(27,28)13-29-22(34)38/h5,8-10,12,16,20H,2-4,6-7,11,13-14H2,1H3,(H,29,38)(H,33,37)/i1D3,2D2. The lowest BCUT2D eigenvalue weighted by Crippen LogP contribution is -2.56. The number of amides is 3. The number of hydrogen-bond donors (Lipinski definition) is 2. The van der Waals surface area contributed by atoms with Gasteiger partial charge in [0.05, 0.1) is 40.0 Å². The predicted octanol–water partition coefficient (Wildman–Crippen LogP) is 3.40. The summed E-state index contributed by atoms with van der Waals surface area (Å²) in [5, 5.41) is 12.8. The third-order valence-electron chi connectivity index (χ3n) is 6.80. The molecule has 3 aromatic heterocycles. The fourth-order valence-electron chi connectivity index (χ4n) is 4.85. The molecule has 38 heavy (non-hydrogen) atoms. The molecule has 5 rings (SSSR count). The lowest BCUT2D eigenvalue weighted by Gasteiger charge is -2.33. The molecule has 2 aliphatic rings. The molecular formula is C24H28F4N8O2. The normalized spacial score (nSPS) is 23.0. The van der Waals surface area contributed by atoms with Crippen LogP contribution in [0.15, 0.2) is 30.7 Å². The maximum atomic E-state index is 14.0. The van der Waals surface area contributed by atoms with Crippen molar-refractivity contribution in [3.05, 3.63) is 47.7 Å². The zero-order valence-corrected chi connectivity index (χ0v) is 20.0. The molecule has 2 fully saturated rings. The molecule has 1 aliphatic heterocycles. The van der Waals surface area contributed by atoms with Crippen LogP contribution in [0, 0.1) is 5.92 Å². The van der Waals surface area contributed by atoms with Gasteiger partial charge in [-0.05, 0) is 43.3 Å². The van der Waals surface area contributed by atoms with Crippen LogP contribution in [0.2, 0.25) is 0 Å². The maximum absolute atomic E-state index is 14.0. The topological polar surface area (TPSA) is 109 Å². The Kier molecular flexibility index (Phi) is 5.27. The van der Waals surface area contributed by atoms with Crippen molar-refractivity contribution in [1.29, 1.82) is 0 Å². The number of fused-ring (bicyclic) bond motifs is 1. The van der Waals surface area contributed by atoms with Crippen LogP contribution in [0.4, 0.5) is 22.4 Å². The molecule has 0 aromatic carbocycles. The highest BCUT2D eigenvalue weighted by molar-refractivity contribution is 5.92. The van der Waals surface area contributed by atoms with Crippen LogP contribution in [-0.2, 0) is 13.0 Å². The van der Waals surface area contributed by atoms with Gasteiger partial charge in [-0.2, -0.15) is 10.2 Å². The van der Waals surface area contributed by atoms with Crippen LogP contribution >= 0.6 is 0 Å². The first-order valence-corrected chi connectivity index (χ1v) is 11.9. The molecule has 2 N–H and O–H groups in total. The number of carbonyl (C=O) groups excluding carboxylic acids is 2. The average molecular weight is 542 g/mol. The van der Waals surface area contributed by atoms with E-state index in [2.05, 4.69) is 25.8 Å². The minimum absolute atomic E-state index is 0.0259. The van der Waals surface area contributed by atoms with Crippen molar-refractivity contribution in [2.24, 2.45) is 5.92 Å². The van der Waals surface area contributed by atoms with Gasteiger partial charge in [0, 0.05) is 36.2 Å². The lowest BCUT2D eigenvalue weighted by atomic mass is 9.81. The van der Waals surface area contributed by atoms with Gasteiger partial charge in [0.1, 0.15) is 5.69 Å². The molecule has 4 heterocycles. The largest absolute Gasteiger partial charge is 0.342 e. The third-order valence-corrected chi connectivity index (χ3v) is 6.80. The Morgan fingerprint density at radius 1 is 1.29 bits per heavy atom. The summed E-state index contributed by atoms with van der Waals surface area (Å²) in [6.07, 6.45) is 3.10. The van der Waals surface area contributed by atoms with E-state index in [1.165, 1.54) is 23.0 Å². The van der Waals surface area contributed by atoms with Crippen molar-refractivity contribution < 1.29 is 34.0 Å². The molecule has 10 nitrogen and oxygen atoms in total. The van der Waals surface area contributed by atoms with E-state index in [9.17, 15) is 27.2 Å². The van der Waals surface area contributed by atoms with Crippen molar-refractivity contribution in [3.63, 3.8) is 0 Å². The van der Waals surface area contributed by atoms with Crippen LogP contribution < -0.4 is 10.6 Å². The van der Waals surface area contributed by atoms with Gasteiger partial charge in [-0.25, -0.2) is 31.9 Å². The summed E-state index contributed by atoms with van der Waals surface area (Å²) in [6.45, 7) is -7.89. The van der Waals surface area contributed by atoms with Gasteiger partial charge in [0.15, 0.2) is 5.65 Å². The molecule has 3 aromatic rings. The summed E-state index contributed by atoms with van der Waals surface area (Å²) in [6, 6.07) is 1.05. The number of nitrogens with one attached hydrogen (secondary N) is 2. The van der Waals surface area contributed by atoms with Gasteiger partial charge in [-0.15, -0.1) is 0 Å². The van der Waals surface area contributed by atoms with Gasteiger partial charge >= 0.3 is 6.03 Å². The van der Waals surface area contributed by atoms with E-state index in [1.54, 1.807) is 0 Å². The average Bonchev–Trinajstić information content (AvgIpc) is 3.57. The molecule has 0 radical (unpaired) electrons. The fourth-order valence-corrected chi connectivity index (χ4v) is 4.85. The van der Waals surface area contributed by atoms with Gasteiger partial charge in [0.2, 0.25) is 5.92 Å². The number of nitrogens with zero attached hydrogens (tertiary/aromatic N) is 6. The molecule has 1 unspecified atom stereocenters. The van der Waals surface area contributed by atoms with Crippen LogP contribution in [0.1, 0.15) is 67.2 Å². The number of halogens is 4. The van der Waals surface area contributed by atoms with Gasteiger partial charge in [0.25, 0.3) is 11.8 Å². The second kappa shape index (κ2) is 9.87. The molecule has 14 heteroatoms. The summed E-state index contributed by atoms with van der Waals surface area (Å²) >= 11 is 0. The van der Waals surface area contributed by atoms with E-state index in [0.717, 1.165) is 17.2 Å². The van der Waals surface area contributed by atoms with Crippen molar-refractivity contribution in [1.82, 2.24) is 39.9 Å². The number of carbonyl (C=O) groups is 2. The third kappa shape index (κ3) is 5.43. The maximum Gasteiger partial charge on any atom is 0.318 e. The van der Waals surface area contributed by atoms with Crippen molar-refractivity contribution in [2.45, 2.75) is 63.5 Å². The molecule has 3 amide bonds. The van der Waals surface area contributed by atoms with Crippen molar-refractivity contribution in [3.8, 4) is 0 Å². The van der Waals surface area contributed by atoms with Crippen molar-refractivity contribution in [2.75, 3.05) is 13.1 Å². The highest BCUT2D eigenvalue weighted by Gasteiger charge is 2.40. The van der Waals surface area contributed by atoms with Gasteiger partial charge < -0.3 is 15.5 Å². The molecule has 1 saturated carbocycles. The lowest BCUT2D eigenvalue weighted by molar-refractivity contribution is -0.0495. The van der Waals surface area contributed by atoms with Crippen LogP contribution in [-0.4, -0.2) is 66.2 Å². The van der Waals surface area contributed by atoms with Crippen LogP contribution in [0.3, 0.4) is 0 Å². The first kappa shape index (κ1) is 20.3. The van der Waals surface area contributed by atoms with E-state index in [1.807, 2.05) is 0 Å². The summed E-state index contributed by atoms with van der Waals surface area (Å²) in [5.74, 6) is -7.38.